The predicted molar refractivity (Wildman–Crippen MR) is 108 cm³/mol. The van der Waals surface area contributed by atoms with Gasteiger partial charge in [0.05, 0.1) is 17.7 Å². The van der Waals surface area contributed by atoms with Crippen molar-refractivity contribution in [2.24, 2.45) is 0 Å². The summed E-state index contributed by atoms with van der Waals surface area (Å²) in [6, 6.07) is 12.4. The molecule has 0 aliphatic heterocycles. The van der Waals surface area contributed by atoms with Crippen LogP contribution in [0.15, 0.2) is 59.8 Å². The van der Waals surface area contributed by atoms with Crippen LogP contribution in [0.3, 0.4) is 0 Å². The van der Waals surface area contributed by atoms with Crippen LogP contribution in [-0.2, 0) is 10.0 Å². The monoisotopic (exact) mass is 382 g/mol. The molecule has 0 fully saturated rings. The first-order valence-electron chi connectivity index (χ1n) is 8.51. The first-order valence-corrected chi connectivity index (χ1v) is 9.99. The normalized spacial score (nSPS) is 11.3. The first-order chi connectivity index (χ1) is 12.8. The minimum absolute atomic E-state index is 0.263. The van der Waals surface area contributed by atoms with E-state index in [1.54, 1.807) is 50.7 Å². The number of anilines is 1. The molecule has 140 valence electrons. The van der Waals surface area contributed by atoms with Crippen LogP contribution in [0.25, 0.3) is 11.1 Å². The summed E-state index contributed by atoms with van der Waals surface area (Å²) < 4.78 is 33.7. The highest BCUT2D eigenvalue weighted by molar-refractivity contribution is 7.92. The molecule has 3 aromatic rings. The third-order valence-corrected chi connectivity index (χ3v) is 5.94. The lowest BCUT2D eigenvalue weighted by atomic mass is 10.0. The van der Waals surface area contributed by atoms with Gasteiger partial charge in [0.15, 0.2) is 0 Å². The lowest BCUT2D eigenvalue weighted by molar-refractivity contribution is 0.416. The number of sulfonamides is 1. The summed E-state index contributed by atoms with van der Waals surface area (Å²) in [4.78, 5) is 4.43. The minimum Gasteiger partial charge on any atom is -0.496 e. The zero-order valence-electron chi connectivity index (χ0n) is 15.8. The Morgan fingerprint density at radius 1 is 0.926 bits per heavy atom. The Morgan fingerprint density at radius 2 is 1.70 bits per heavy atom. The second kappa shape index (κ2) is 7.40. The van der Waals surface area contributed by atoms with Crippen LogP contribution in [-0.4, -0.2) is 20.5 Å². The van der Waals surface area contributed by atoms with E-state index in [2.05, 4.69) is 9.71 Å². The van der Waals surface area contributed by atoms with Gasteiger partial charge in [-0.1, -0.05) is 17.7 Å². The quantitative estimate of drug-likeness (QED) is 0.706. The lowest BCUT2D eigenvalue weighted by Gasteiger charge is -2.15. The average Bonchev–Trinajstić information content (AvgIpc) is 2.61. The van der Waals surface area contributed by atoms with Crippen LogP contribution < -0.4 is 9.46 Å². The van der Waals surface area contributed by atoms with E-state index in [9.17, 15) is 8.42 Å². The summed E-state index contributed by atoms with van der Waals surface area (Å²) in [7, 11) is -2.13. The summed E-state index contributed by atoms with van der Waals surface area (Å²) in [5.74, 6) is 0.576. The van der Waals surface area contributed by atoms with Crippen molar-refractivity contribution in [2.45, 2.75) is 25.7 Å². The van der Waals surface area contributed by atoms with Gasteiger partial charge in [0.2, 0.25) is 0 Å². The van der Waals surface area contributed by atoms with Gasteiger partial charge in [0.1, 0.15) is 5.75 Å². The van der Waals surface area contributed by atoms with E-state index >= 15 is 0 Å². The molecule has 2 aromatic carbocycles. The molecule has 0 bridgehead atoms. The highest BCUT2D eigenvalue weighted by Gasteiger charge is 2.18. The van der Waals surface area contributed by atoms with Gasteiger partial charge in [-0.15, -0.1) is 0 Å². The number of benzene rings is 2. The summed E-state index contributed by atoms with van der Waals surface area (Å²) in [5.41, 5.74) is 5.03. The van der Waals surface area contributed by atoms with E-state index in [1.807, 2.05) is 32.0 Å². The standard InChI is InChI=1S/C21H22N2O3S/c1-14-5-8-21(16(3)11-14)27(24,25)23-17-6-7-18(20(12-17)26-4)19-13-22-10-9-15(19)2/h5-13,23H,1-4H3. The van der Waals surface area contributed by atoms with Gasteiger partial charge >= 0.3 is 0 Å². The van der Waals surface area contributed by atoms with Crippen LogP contribution in [0.1, 0.15) is 16.7 Å². The van der Waals surface area contributed by atoms with E-state index in [-0.39, 0.29) is 4.90 Å². The van der Waals surface area contributed by atoms with Gasteiger partial charge in [-0.05, 0) is 56.2 Å². The van der Waals surface area contributed by atoms with Crippen molar-refractivity contribution >= 4 is 15.7 Å². The summed E-state index contributed by atoms with van der Waals surface area (Å²) in [5, 5.41) is 0. The number of ether oxygens (including phenoxy) is 1. The molecule has 0 saturated heterocycles. The van der Waals surface area contributed by atoms with Gasteiger partial charge in [-0.25, -0.2) is 8.42 Å². The number of nitrogens with zero attached hydrogens (tertiary/aromatic N) is 1. The summed E-state index contributed by atoms with van der Waals surface area (Å²) in [6.45, 7) is 5.71. The first kappa shape index (κ1) is 18.9. The van der Waals surface area contributed by atoms with Crippen molar-refractivity contribution in [1.82, 2.24) is 4.98 Å². The smallest absolute Gasteiger partial charge is 0.262 e. The highest BCUT2D eigenvalue weighted by atomic mass is 32.2. The van der Waals surface area contributed by atoms with Gasteiger partial charge in [-0.3, -0.25) is 9.71 Å². The lowest BCUT2D eigenvalue weighted by Crippen LogP contribution is -2.14. The maximum atomic E-state index is 12.8. The van der Waals surface area contributed by atoms with E-state index < -0.39 is 10.0 Å². The van der Waals surface area contributed by atoms with Gasteiger partial charge < -0.3 is 4.74 Å². The second-order valence-corrected chi connectivity index (χ2v) is 8.13. The number of rotatable bonds is 5. The third-order valence-electron chi connectivity index (χ3n) is 4.40. The molecule has 0 radical (unpaired) electrons. The van der Waals surface area contributed by atoms with Crippen molar-refractivity contribution in [3.63, 3.8) is 0 Å². The molecule has 3 rings (SSSR count). The molecule has 1 heterocycles. The Hall–Kier alpha value is -2.86. The van der Waals surface area contributed by atoms with Gasteiger partial charge in [-0.2, -0.15) is 0 Å². The van der Waals surface area contributed by atoms with E-state index in [1.165, 1.54) is 0 Å². The summed E-state index contributed by atoms with van der Waals surface area (Å²) in [6.07, 6.45) is 3.50. The molecule has 0 aliphatic rings. The number of hydrogen-bond acceptors (Lipinski definition) is 4. The SMILES string of the molecule is COc1cc(NS(=O)(=O)c2ccc(C)cc2C)ccc1-c1cnccc1C. The average molecular weight is 382 g/mol. The van der Waals surface area contributed by atoms with Crippen molar-refractivity contribution in [1.29, 1.82) is 0 Å². The topological polar surface area (TPSA) is 68.3 Å². The largest absolute Gasteiger partial charge is 0.496 e. The molecule has 0 atom stereocenters. The molecule has 1 N–H and O–H groups in total. The van der Waals surface area contributed by atoms with Crippen LogP contribution >= 0.6 is 0 Å². The number of nitrogens with one attached hydrogen (secondary N) is 1. The van der Waals surface area contributed by atoms with Crippen LogP contribution in [0.2, 0.25) is 0 Å². The molecule has 0 aliphatic carbocycles. The number of aryl methyl sites for hydroxylation is 3. The van der Waals surface area contributed by atoms with Crippen molar-refractivity contribution in [3.05, 3.63) is 71.5 Å². The molecule has 27 heavy (non-hydrogen) atoms. The van der Waals surface area contributed by atoms with Gasteiger partial charge in [0, 0.05) is 29.6 Å². The van der Waals surface area contributed by atoms with Crippen LogP contribution in [0.5, 0.6) is 5.75 Å². The van der Waals surface area contributed by atoms with E-state index in [0.29, 0.717) is 17.0 Å². The van der Waals surface area contributed by atoms with E-state index in [0.717, 1.165) is 22.3 Å². The number of pyridine rings is 1. The molecule has 5 nitrogen and oxygen atoms in total. The van der Waals surface area contributed by atoms with Crippen LogP contribution in [0, 0.1) is 20.8 Å². The molecule has 0 saturated carbocycles. The predicted octanol–water partition coefficient (Wildman–Crippen LogP) is 4.48. The molecule has 0 unspecified atom stereocenters. The number of hydrogen-bond donors (Lipinski definition) is 1. The Labute approximate surface area is 160 Å². The Kier molecular flexibility index (Phi) is 5.19. The fourth-order valence-corrected chi connectivity index (χ4v) is 4.31. The zero-order chi connectivity index (χ0) is 19.6. The molecular weight excluding hydrogens is 360 g/mol. The molecule has 0 spiro atoms. The molecule has 0 amide bonds. The van der Waals surface area contributed by atoms with Crippen molar-refractivity contribution in [3.8, 4) is 16.9 Å². The van der Waals surface area contributed by atoms with Crippen molar-refractivity contribution in [2.75, 3.05) is 11.8 Å². The Morgan fingerprint density at radius 3 is 2.37 bits per heavy atom. The molecular formula is C21H22N2O3S. The molecule has 6 heteroatoms. The minimum atomic E-state index is -3.69. The number of methoxy groups -OCH3 is 1. The fraction of sp³-hybridized carbons (Fsp3) is 0.190. The van der Waals surface area contributed by atoms with Crippen LogP contribution in [0.4, 0.5) is 5.69 Å². The number of aromatic nitrogens is 1. The maximum absolute atomic E-state index is 12.8. The van der Waals surface area contributed by atoms with E-state index in [4.69, 9.17) is 4.74 Å². The third kappa shape index (κ3) is 3.95. The highest BCUT2D eigenvalue weighted by Crippen LogP contribution is 2.34. The van der Waals surface area contributed by atoms with Crippen molar-refractivity contribution < 1.29 is 13.2 Å². The fourth-order valence-electron chi connectivity index (χ4n) is 3.03. The van der Waals surface area contributed by atoms with Gasteiger partial charge in [0.25, 0.3) is 10.0 Å². The molecule has 1 aromatic heterocycles. The summed E-state index contributed by atoms with van der Waals surface area (Å²) >= 11 is 0. The Bertz CT molecular complexity index is 1090. The zero-order valence-corrected chi connectivity index (χ0v) is 16.6. The maximum Gasteiger partial charge on any atom is 0.262 e. The second-order valence-electron chi connectivity index (χ2n) is 6.48. The Balaban J connectivity index is 1.98.